The molecule has 1 aromatic heterocycles. The van der Waals surface area contributed by atoms with Crippen molar-refractivity contribution in [3.63, 3.8) is 0 Å². The van der Waals surface area contributed by atoms with Crippen LogP contribution in [0.15, 0.2) is 66.7 Å². The molecule has 0 aliphatic heterocycles. The van der Waals surface area contributed by atoms with Gasteiger partial charge in [-0.1, -0.05) is 57.2 Å². The quantitative estimate of drug-likeness (QED) is 0.250. The third-order valence-electron chi connectivity index (χ3n) is 6.38. The number of rotatable bonds is 8. The van der Waals surface area contributed by atoms with Gasteiger partial charge in [-0.3, -0.25) is 4.98 Å². The SMILES string of the molecule is COc1cc(F)ccc1Oc1cc(C(C)(C)C)cc(C)c1-c1cc(OCc2ccccc2)c(C(=O)O)c(C)n1. The maximum absolute atomic E-state index is 13.9. The fourth-order valence-corrected chi connectivity index (χ4v) is 4.32. The van der Waals surface area contributed by atoms with Crippen LogP contribution in [-0.2, 0) is 12.0 Å². The molecular weight excluding hydrogens is 497 g/mol. The summed E-state index contributed by atoms with van der Waals surface area (Å²) < 4.78 is 31.6. The van der Waals surface area contributed by atoms with Crippen LogP contribution < -0.4 is 14.2 Å². The van der Waals surface area contributed by atoms with E-state index in [0.29, 0.717) is 28.5 Å². The van der Waals surface area contributed by atoms with Crippen molar-refractivity contribution in [2.45, 2.75) is 46.6 Å². The van der Waals surface area contributed by atoms with Gasteiger partial charge in [-0.05, 0) is 54.2 Å². The van der Waals surface area contributed by atoms with Gasteiger partial charge in [0.05, 0.1) is 18.5 Å². The Labute approximate surface area is 228 Å². The molecule has 4 rings (SSSR count). The van der Waals surface area contributed by atoms with Crippen molar-refractivity contribution >= 4 is 5.97 Å². The zero-order valence-electron chi connectivity index (χ0n) is 23.0. The largest absolute Gasteiger partial charge is 0.493 e. The summed E-state index contributed by atoms with van der Waals surface area (Å²) in [4.78, 5) is 16.8. The van der Waals surface area contributed by atoms with Crippen LogP contribution >= 0.6 is 0 Å². The van der Waals surface area contributed by atoms with Gasteiger partial charge in [0.15, 0.2) is 11.5 Å². The molecule has 0 fully saturated rings. The average molecular weight is 530 g/mol. The van der Waals surface area contributed by atoms with Crippen LogP contribution in [0.4, 0.5) is 4.39 Å². The molecule has 0 aliphatic rings. The number of methoxy groups -OCH3 is 1. The summed E-state index contributed by atoms with van der Waals surface area (Å²) in [7, 11) is 1.45. The normalized spacial score (nSPS) is 11.3. The van der Waals surface area contributed by atoms with E-state index in [-0.39, 0.29) is 29.1 Å². The minimum atomic E-state index is -1.12. The van der Waals surface area contributed by atoms with Gasteiger partial charge in [0.2, 0.25) is 0 Å². The number of nitrogens with zero attached hydrogens (tertiary/aromatic N) is 1. The third-order valence-corrected chi connectivity index (χ3v) is 6.38. The van der Waals surface area contributed by atoms with Crippen molar-refractivity contribution in [2.75, 3.05) is 7.11 Å². The van der Waals surface area contributed by atoms with Crippen molar-refractivity contribution < 1.29 is 28.5 Å². The Hall–Kier alpha value is -4.39. The Morgan fingerprint density at radius 3 is 2.28 bits per heavy atom. The number of hydrogen-bond acceptors (Lipinski definition) is 5. The first-order chi connectivity index (χ1) is 18.5. The first kappa shape index (κ1) is 27.6. The Morgan fingerprint density at radius 2 is 1.64 bits per heavy atom. The molecule has 0 saturated heterocycles. The number of carbonyl (C=O) groups is 1. The van der Waals surface area contributed by atoms with Crippen molar-refractivity contribution in [1.82, 2.24) is 4.98 Å². The van der Waals surface area contributed by atoms with E-state index in [2.05, 4.69) is 31.8 Å². The minimum absolute atomic E-state index is 0.00122. The zero-order valence-corrected chi connectivity index (χ0v) is 23.0. The molecule has 7 heteroatoms. The van der Waals surface area contributed by atoms with Crippen LogP contribution in [0.2, 0.25) is 0 Å². The van der Waals surface area contributed by atoms with Crippen molar-refractivity contribution in [3.8, 4) is 34.3 Å². The monoisotopic (exact) mass is 529 g/mol. The molecule has 0 spiro atoms. The second-order valence-electron chi connectivity index (χ2n) is 10.4. The highest BCUT2D eigenvalue weighted by molar-refractivity contribution is 5.93. The molecule has 3 aromatic carbocycles. The molecule has 6 nitrogen and oxygen atoms in total. The van der Waals surface area contributed by atoms with Crippen LogP contribution in [0.3, 0.4) is 0 Å². The summed E-state index contributed by atoms with van der Waals surface area (Å²) in [5.74, 6) is -0.294. The summed E-state index contributed by atoms with van der Waals surface area (Å²) in [6.45, 7) is 10.1. The zero-order chi connectivity index (χ0) is 28.3. The van der Waals surface area contributed by atoms with Crippen LogP contribution in [0, 0.1) is 19.7 Å². The van der Waals surface area contributed by atoms with E-state index in [1.807, 2.05) is 43.3 Å². The Bertz CT molecular complexity index is 1510. The van der Waals surface area contributed by atoms with E-state index < -0.39 is 11.8 Å². The van der Waals surface area contributed by atoms with Gasteiger partial charge in [-0.15, -0.1) is 0 Å². The number of aryl methyl sites for hydroxylation is 2. The second kappa shape index (κ2) is 11.2. The van der Waals surface area contributed by atoms with E-state index >= 15 is 0 Å². The molecule has 39 heavy (non-hydrogen) atoms. The van der Waals surface area contributed by atoms with Crippen LogP contribution in [0.5, 0.6) is 23.0 Å². The van der Waals surface area contributed by atoms with Crippen molar-refractivity contribution in [1.29, 1.82) is 0 Å². The summed E-state index contributed by atoms with van der Waals surface area (Å²) in [6.07, 6.45) is 0. The molecular formula is C32H32FNO5. The summed E-state index contributed by atoms with van der Waals surface area (Å²) >= 11 is 0. The van der Waals surface area contributed by atoms with E-state index in [1.54, 1.807) is 13.0 Å². The number of halogens is 1. The number of carboxylic acid groups (broad SMARTS) is 1. The molecule has 4 aromatic rings. The molecule has 0 amide bonds. The standard InChI is InChI=1S/C32H32FNO5/c1-19-14-22(32(3,4)5)15-28(39-25-13-12-23(33)16-26(25)37-6)29(19)24-17-27(30(31(35)36)20(2)34-24)38-18-21-10-8-7-9-11-21/h7-17H,18H2,1-6H3,(H,35,36). The van der Waals surface area contributed by atoms with Crippen LogP contribution in [0.25, 0.3) is 11.3 Å². The topological polar surface area (TPSA) is 77.9 Å². The maximum Gasteiger partial charge on any atom is 0.341 e. The number of carboxylic acids is 1. The summed E-state index contributed by atoms with van der Waals surface area (Å²) in [6, 6.07) is 19.2. The molecule has 0 radical (unpaired) electrons. The smallest absolute Gasteiger partial charge is 0.341 e. The fourth-order valence-electron chi connectivity index (χ4n) is 4.32. The van der Waals surface area contributed by atoms with Gasteiger partial charge in [-0.2, -0.15) is 0 Å². The highest BCUT2D eigenvalue weighted by Gasteiger charge is 2.24. The Morgan fingerprint density at radius 1 is 0.923 bits per heavy atom. The molecule has 0 aliphatic carbocycles. The minimum Gasteiger partial charge on any atom is -0.493 e. The number of benzene rings is 3. The van der Waals surface area contributed by atoms with Gasteiger partial charge in [0.25, 0.3) is 0 Å². The summed E-state index contributed by atoms with van der Waals surface area (Å²) in [5, 5.41) is 9.93. The molecule has 0 saturated carbocycles. The molecule has 1 heterocycles. The molecule has 202 valence electrons. The lowest BCUT2D eigenvalue weighted by molar-refractivity contribution is 0.0690. The fraction of sp³-hybridized carbons (Fsp3) is 0.250. The van der Waals surface area contributed by atoms with E-state index in [4.69, 9.17) is 14.2 Å². The molecule has 1 N–H and O–H groups in total. The second-order valence-corrected chi connectivity index (χ2v) is 10.4. The predicted octanol–water partition coefficient (Wildman–Crippen LogP) is 7.88. The molecule has 0 bridgehead atoms. The maximum atomic E-state index is 13.9. The lowest BCUT2D eigenvalue weighted by atomic mass is 9.84. The molecule has 0 atom stereocenters. The summed E-state index contributed by atoms with van der Waals surface area (Å²) in [5.41, 5.74) is 4.10. The van der Waals surface area contributed by atoms with Crippen LogP contribution in [-0.4, -0.2) is 23.2 Å². The first-order valence-electron chi connectivity index (χ1n) is 12.6. The Kier molecular flexibility index (Phi) is 7.90. The van der Waals surface area contributed by atoms with E-state index in [0.717, 1.165) is 16.7 Å². The first-order valence-corrected chi connectivity index (χ1v) is 12.6. The average Bonchev–Trinajstić information content (AvgIpc) is 2.87. The lowest BCUT2D eigenvalue weighted by Gasteiger charge is -2.24. The van der Waals surface area contributed by atoms with Gasteiger partial charge < -0.3 is 19.3 Å². The van der Waals surface area contributed by atoms with Gasteiger partial charge >= 0.3 is 5.97 Å². The van der Waals surface area contributed by atoms with Gasteiger partial charge in [0, 0.05) is 17.7 Å². The number of pyridine rings is 1. The van der Waals surface area contributed by atoms with Gasteiger partial charge in [0.1, 0.15) is 29.5 Å². The predicted molar refractivity (Wildman–Crippen MR) is 149 cm³/mol. The number of aromatic carboxylic acids is 1. The van der Waals surface area contributed by atoms with E-state index in [1.165, 1.54) is 25.3 Å². The molecule has 0 unspecified atom stereocenters. The number of hydrogen-bond donors (Lipinski definition) is 1. The highest BCUT2D eigenvalue weighted by atomic mass is 19.1. The van der Waals surface area contributed by atoms with Gasteiger partial charge in [-0.25, -0.2) is 9.18 Å². The number of ether oxygens (including phenoxy) is 3. The van der Waals surface area contributed by atoms with Crippen molar-refractivity contribution in [2.24, 2.45) is 0 Å². The van der Waals surface area contributed by atoms with Crippen molar-refractivity contribution in [3.05, 3.63) is 100 Å². The van der Waals surface area contributed by atoms with Crippen LogP contribution in [0.1, 0.15) is 53.5 Å². The lowest BCUT2D eigenvalue weighted by Crippen LogP contribution is -2.12. The third kappa shape index (κ3) is 6.20. The number of aromatic nitrogens is 1. The highest BCUT2D eigenvalue weighted by Crippen LogP contribution is 2.43. The van der Waals surface area contributed by atoms with E-state index in [9.17, 15) is 14.3 Å². The Balaban J connectivity index is 1.88.